The predicted octanol–water partition coefficient (Wildman–Crippen LogP) is 1.55. The van der Waals surface area contributed by atoms with Crippen LogP contribution in [0.1, 0.15) is 19.8 Å². The van der Waals surface area contributed by atoms with E-state index in [1.807, 2.05) is 19.2 Å². The molecule has 88 valence electrons. The summed E-state index contributed by atoms with van der Waals surface area (Å²) in [5.74, 6) is 0.967. The first-order valence-corrected chi connectivity index (χ1v) is 6.66. The van der Waals surface area contributed by atoms with E-state index in [0.29, 0.717) is 0 Å². The zero-order valence-electron chi connectivity index (χ0n) is 9.68. The lowest BCUT2D eigenvalue weighted by molar-refractivity contribution is 0.0350. The number of thioether (sulfide) groups is 1. The minimum atomic E-state index is -0.508. The van der Waals surface area contributed by atoms with Crippen molar-refractivity contribution in [3.05, 3.63) is 12.4 Å². The van der Waals surface area contributed by atoms with Gasteiger partial charge in [-0.25, -0.2) is 9.97 Å². The summed E-state index contributed by atoms with van der Waals surface area (Å²) in [7, 11) is 0. The van der Waals surface area contributed by atoms with E-state index in [1.165, 1.54) is 0 Å². The van der Waals surface area contributed by atoms with Crippen molar-refractivity contribution < 1.29 is 5.11 Å². The molecule has 0 unspecified atom stereocenters. The molecule has 0 bridgehead atoms. The van der Waals surface area contributed by atoms with E-state index in [1.54, 1.807) is 18.1 Å². The molecule has 0 atom stereocenters. The van der Waals surface area contributed by atoms with Gasteiger partial charge in [-0.1, -0.05) is 0 Å². The summed E-state index contributed by atoms with van der Waals surface area (Å²) in [6, 6.07) is 2.00. The number of aliphatic hydroxyl groups is 1. The number of nitrogens with zero attached hydrogens (tertiary/aromatic N) is 3. The van der Waals surface area contributed by atoms with Crippen LogP contribution in [0.15, 0.2) is 17.4 Å². The van der Waals surface area contributed by atoms with Gasteiger partial charge in [-0.2, -0.15) is 0 Å². The lowest BCUT2D eigenvalue weighted by Crippen LogP contribution is -2.42. The summed E-state index contributed by atoms with van der Waals surface area (Å²) in [4.78, 5) is 10.6. The van der Waals surface area contributed by atoms with E-state index in [4.69, 9.17) is 0 Å². The largest absolute Gasteiger partial charge is 0.390 e. The van der Waals surface area contributed by atoms with Gasteiger partial charge in [0.1, 0.15) is 17.2 Å². The van der Waals surface area contributed by atoms with E-state index in [2.05, 4.69) is 14.9 Å². The Morgan fingerprint density at radius 3 is 2.69 bits per heavy atom. The maximum atomic E-state index is 9.88. The average Bonchev–Trinajstić information content (AvgIpc) is 2.29. The lowest BCUT2D eigenvalue weighted by atomic mass is 9.94. The number of anilines is 1. The lowest BCUT2D eigenvalue weighted by Gasteiger charge is -2.36. The molecule has 1 aromatic rings. The SMILES string of the molecule is CSc1cc(N2CCC(C)(O)CC2)ncn1. The van der Waals surface area contributed by atoms with Crippen molar-refractivity contribution in [2.75, 3.05) is 24.2 Å². The van der Waals surface area contributed by atoms with E-state index in [0.717, 1.165) is 36.8 Å². The Kier molecular flexibility index (Phi) is 3.35. The number of piperidine rings is 1. The molecule has 0 amide bonds. The Balaban J connectivity index is 2.08. The molecule has 0 saturated carbocycles. The fraction of sp³-hybridized carbons (Fsp3) is 0.636. The van der Waals surface area contributed by atoms with Gasteiger partial charge in [-0.05, 0) is 26.0 Å². The van der Waals surface area contributed by atoms with E-state index >= 15 is 0 Å². The molecule has 1 fully saturated rings. The van der Waals surface area contributed by atoms with Crippen molar-refractivity contribution in [1.82, 2.24) is 9.97 Å². The highest BCUT2D eigenvalue weighted by Crippen LogP contribution is 2.25. The smallest absolute Gasteiger partial charge is 0.133 e. The van der Waals surface area contributed by atoms with Crippen molar-refractivity contribution in [3.63, 3.8) is 0 Å². The number of hydrogen-bond acceptors (Lipinski definition) is 5. The fourth-order valence-electron chi connectivity index (χ4n) is 1.83. The monoisotopic (exact) mass is 239 g/mol. The standard InChI is InChI=1S/C11H17N3OS/c1-11(15)3-5-14(6-4-11)9-7-10(16-2)13-8-12-9/h7-8,15H,3-6H2,1-2H3. The van der Waals surface area contributed by atoms with Crippen LogP contribution in [0.25, 0.3) is 0 Å². The number of hydrogen-bond donors (Lipinski definition) is 1. The van der Waals surface area contributed by atoms with Crippen LogP contribution in [-0.4, -0.2) is 40.0 Å². The maximum Gasteiger partial charge on any atom is 0.133 e. The highest BCUT2D eigenvalue weighted by Gasteiger charge is 2.27. The van der Waals surface area contributed by atoms with Crippen LogP contribution in [0, 0.1) is 0 Å². The van der Waals surface area contributed by atoms with Crippen LogP contribution in [0.5, 0.6) is 0 Å². The van der Waals surface area contributed by atoms with Crippen LogP contribution >= 0.6 is 11.8 Å². The van der Waals surface area contributed by atoms with Gasteiger partial charge in [-0.15, -0.1) is 11.8 Å². The van der Waals surface area contributed by atoms with E-state index < -0.39 is 5.60 Å². The van der Waals surface area contributed by atoms with Crippen molar-refractivity contribution >= 4 is 17.6 Å². The Bertz CT molecular complexity index is 360. The minimum absolute atomic E-state index is 0.508. The van der Waals surface area contributed by atoms with Gasteiger partial charge in [0.05, 0.1) is 5.60 Å². The third-order valence-corrected chi connectivity index (χ3v) is 3.64. The molecule has 0 spiro atoms. The summed E-state index contributed by atoms with van der Waals surface area (Å²) in [5.41, 5.74) is -0.508. The topological polar surface area (TPSA) is 49.2 Å². The first-order valence-electron chi connectivity index (χ1n) is 5.44. The Hall–Kier alpha value is -0.810. The number of aromatic nitrogens is 2. The van der Waals surface area contributed by atoms with Crippen LogP contribution in [0.4, 0.5) is 5.82 Å². The van der Waals surface area contributed by atoms with Crippen molar-refractivity contribution in [1.29, 1.82) is 0 Å². The van der Waals surface area contributed by atoms with Gasteiger partial charge in [0, 0.05) is 19.2 Å². The summed E-state index contributed by atoms with van der Waals surface area (Å²) in [5, 5.41) is 10.9. The molecule has 2 heterocycles. The Labute approximate surface area is 100 Å². The normalized spacial score (nSPS) is 19.8. The molecule has 1 aliphatic rings. The summed E-state index contributed by atoms with van der Waals surface area (Å²) < 4.78 is 0. The molecule has 5 heteroatoms. The van der Waals surface area contributed by atoms with Crippen LogP contribution in [0.2, 0.25) is 0 Å². The molecule has 1 aromatic heterocycles. The Morgan fingerprint density at radius 1 is 1.38 bits per heavy atom. The molecule has 0 radical (unpaired) electrons. The van der Waals surface area contributed by atoms with Gasteiger partial charge in [0.25, 0.3) is 0 Å². The van der Waals surface area contributed by atoms with Gasteiger partial charge >= 0.3 is 0 Å². The highest BCUT2D eigenvalue weighted by molar-refractivity contribution is 7.98. The predicted molar refractivity (Wildman–Crippen MR) is 65.9 cm³/mol. The van der Waals surface area contributed by atoms with Crippen LogP contribution < -0.4 is 4.90 Å². The quantitative estimate of drug-likeness (QED) is 0.627. The van der Waals surface area contributed by atoms with Crippen LogP contribution in [0.3, 0.4) is 0 Å². The third-order valence-electron chi connectivity index (χ3n) is 3.00. The second kappa shape index (κ2) is 4.59. The molecule has 1 aliphatic heterocycles. The fourth-order valence-corrected chi connectivity index (χ4v) is 2.21. The molecule has 2 rings (SSSR count). The molecule has 1 N–H and O–H groups in total. The molecular formula is C11H17N3OS. The zero-order chi connectivity index (χ0) is 11.6. The van der Waals surface area contributed by atoms with E-state index in [9.17, 15) is 5.11 Å². The maximum absolute atomic E-state index is 9.88. The minimum Gasteiger partial charge on any atom is -0.390 e. The summed E-state index contributed by atoms with van der Waals surface area (Å²) >= 11 is 1.62. The zero-order valence-corrected chi connectivity index (χ0v) is 10.5. The Morgan fingerprint density at radius 2 is 2.06 bits per heavy atom. The number of rotatable bonds is 2. The van der Waals surface area contributed by atoms with Gasteiger partial charge < -0.3 is 10.0 Å². The van der Waals surface area contributed by atoms with Gasteiger partial charge in [0.2, 0.25) is 0 Å². The van der Waals surface area contributed by atoms with Crippen molar-refractivity contribution in [3.8, 4) is 0 Å². The van der Waals surface area contributed by atoms with Crippen LogP contribution in [-0.2, 0) is 0 Å². The van der Waals surface area contributed by atoms with Crippen molar-refractivity contribution in [2.45, 2.75) is 30.4 Å². The molecule has 4 nitrogen and oxygen atoms in total. The van der Waals surface area contributed by atoms with Gasteiger partial charge in [-0.3, -0.25) is 0 Å². The second-order valence-corrected chi connectivity index (χ2v) is 5.23. The summed E-state index contributed by atoms with van der Waals surface area (Å²) in [6.07, 6.45) is 5.21. The van der Waals surface area contributed by atoms with E-state index in [-0.39, 0.29) is 0 Å². The third kappa shape index (κ3) is 2.65. The molecule has 1 saturated heterocycles. The first-order chi connectivity index (χ1) is 7.61. The van der Waals surface area contributed by atoms with Crippen molar-refractivity contribution in [2.24, 2.45) is 0 Å². The molecule has 0 aromatic carbocycles. The first kappa shape index (κ1) is 11.7. The molecule has 0 aliphatic carbocycles. The molecule has 16 heavy (non-hydrogen) atoms. The highest BCUT2D eigenvalue weighted by atomic mass is 32.2. The average molecular weight is 239 g/mol. The van der Waals surface area contributed by atoms with Gasteiger partial charge in [0.15, 0.2) is 0 Å². The summed E-state index contributed by atoms with van der Waals surface area (Å²) in [6.45, 7) is 3.62. The second-order valence-electron chi connectivity index (χ2n) is 4.40. The molecular weight excluding hydrogens is 222 g/mol.